The van der Waals surface area contributed by atoms with Crippen molar-refractivity contribution in [2.45, 2.75) is 104 Å². The monoisotopic (exact) mass is 674 g/mol. The van der Waals surface area contributed by atoms with E-state index in [1.54, 1.807) is 30.0 Å². The van der Waals surface area contributed by atoms with E-state index in [9.17, 15) is 9.59 Å². The average Bonchev–Trinajstić information content (AvgIpc) is 3.38. The zero-order valence-corrected chi connectivity index (χ0v) is 28.9. The molecule has 6 nitrogen and oxygen atoms in total. The summed E-state index contributed by atoms with van der Waals surface area (Å²) in [5.41, 5.74) is 3.60. The van der Waals surface area contributed by atoms with Crippen LogP contribution in [0.4, 0.5) is 5.69 Å². The van der Waals surface area contributed by atoms with E-state index in [1.165, 1.54) is 76.8 Å². The van der Waals surface area contributed by atoms with E-state index < -0.39 is 0 Å². The molecule has 0 radical (unpaired) electrons. The summed E-state index contributed by atoms with van der Waals surface area (Å²) in [6, 6.07) is 13.1. The number of carbonyl (C=O) groups is 2. The molecule has 238 valence electrons. The van der Waals surface area contributed by atoms with E-state index in [0.29, 0.717) is 23.7 Å². The Morgan fingerprint density at radius 3 is 2.19 bits per heavy atom. The molecule has 0 fully saturated rings. The Kier molecular flexibility index (Phi) is 18.2. The van der Waals surface area contributed by atoms with Gasteiger partial charge in [0.1, 0.15) is 11.5 Å². The number of carbonyl (C=O) groups excluding carboxylic acids is 2. The van der Waals surface area contributed by atoms with Gasteiger partial charge in [0.15, 0.2) is 12.4 Å². The number of ketones is 1. The smallest absolute Gasteiger partial charge is 0.262 e. The fourth-order valence-electron chi connectivity index (χ4n) is 5.03. The minimum Gasteiger partial charge on any atom is -0.493 e. The summed E-state index contributed by atoms with van der Waals surface area (Å²) in [5, 5.41) is 5.08. The number of nitrogens with zero attached hydrogens (tertiary/aromatic N) is 1. The molecule has 2 aromatic rings. The minimum absolute atomic E-state index is 0. The van der Waals surface area contributed by atoms with Gasteiger partial charge in [-0.05, 0) is 61.6 Å². The SMILES string of the molecule is Br.CCCCCCCCCCCCCCOc1ccc(OCC(=O)Nc2cccc(CN3CSC=C3C)c2)cc1C(C)=O. The van der Waals surface area contributed by atoms with E-state index in [2.05, 4.69) is 35.5 Å². The molecule has 8 heteroatoms. The van der Waals surface area contributed by atoms with Gasteiger partial charge in [-0.3, -0.25) is 9.59 Å². The number of amides is 1. The van der Waals surface area contributed by atoms with E-state index in [4.69, 9.17) is 9.47 Å². The lowest BCUT2D eigenvalue weighted by Crippen LogP contribution is -2.21. The number of hydrogen-bond acceptors (Lipinski definition) is 6. The molecule has 0 bridgehead atoms. The van der Waals surface area contributed by atoms with Crippen LogP contribution in [0.3, 0.4) is 0 Å². The molecular weight excluding hydrogens is 624 g/mol. The summed E-state index contributed by atoms with van der Waals surface area (Å²) < 4.78 is 11.7. The Bertz CT molecular complexity index is 1160. The molecule has 1 heterocycles. The molecule has 0 unspecified atom stereocenters. The molecule has 43 heavy (non-hydrogen) atoms. The second-order valence-corrected chi connectivity index (χ2v) is 12.1. The molecule has 2 aromatic carbocycles. The molecule has 1 N–H and O–H groups in total. The third-order valence-electron chi connectivity index (χ3n) is 7.52. The molecule has 0 aromatic heterocycles. The minimum atomic E-state index is -0.253. The van der Waals surface area contributed by atoms with Crippen molar-refractivity contribution in [2.75, 3.05) is 24.4 Å². The number of ether oxygens (including phenoxy) is 2. The van der Waals surface area contributed by atoms with Crippen molar-refractivity contribution in [1.29, 1.82) is 0 Å². The molecule has 1 aliphatic rings. The predicted octanol–water partition coefficient (Wildman–Crippen LogP) is 9.93. The van der Waals surface area contributed by atoms with Crippen LogP contribution in [0.2, 0.25) is 0 Å². The number of halogens is 1. The van der Waals surface area contributed by atoms with E-state index in [-0.39, 0.29) is 35.3 Å². The van der Waals surface area contributed by atoms with Gasteiger partial charge in [-0.15, -0.1) is 28.7 Å². The van der Waals surface area contributed by atoms with Crippen molar-refractivity contribution >= 4 is 46.1 Å². The zero-order chi connectivity index (χ0) is 30.0. The average molecular weight is 676 g/mol. The predicted molar refractivity (Wildman–Crippen MR) is 186 cm³/mol. The third kappa shape index (κ3) is 14.3. The van der Waals surface area contributed by atoms with Crippen LogP contribution in [0.25, 0.3) is 0 Å². The summed E-state index contributed by atoms with van der Waals surface area (Å²) in [6.07, 6.45) is 15.5. The Morgan fingerprint density at radius 1 is 0.884 bits per heavy atom. The van der Waals surface area contributed by atoms with Crippen LogP contribution in [-0.2, 0) is 11.3 Å². The maximum Gasteiger partial charge on any atom is 0.262 e. The van der Waals surface area contributed by atoms with Gasteiger partial charge >= 0.3 is 0 Å². The highest BCUT2D eigenvalue weighted by Gasteiger charge is 2.14. The molecule has 0 aliphatic carbocycles. The van der Waals surface area contributed by atoms with Crippen molar-refractivity contribution in [3.63, 3.8) is 0 Å². The van der Waals surface area contributed by atoms with Gasteiger partial charge in [-0.25, -0.2) is 0 Å². The zero-order valence-electron chi connectivity index (χ0n) is 26.3. The summed E-state index contributed by atoms with van der Waals surface area (Å²) in [4.78, 5) is 27.2. The Hall–Kier alpha value is -2.45. The number of nitrogens with one attached hydrogen (secondary N) is 1. The Labute approximate surface area is 274 Å². The number of unbranched alkanes of at least 4 members (excludes halogenated alkanes) is 11. The van der Waals surface area contributed by atoms with Crippen molar-refractivity contribution in [3.05, 3.63) is 64.7 Å². The van der Waals surface area contributed by atoms with Crippen LogP contribution in [0.1, 0.15) is 114 Å². The van der Waals surface area contributed by atoms with Crippen LogP contribution in [0, 0.1) is 0 Å². The van der Waals surface area contributed by atoms with Gasteiger partial charge in [0.2, 0.25) is 0 Å². The second kappa shape index (κ2) is 21.3. The van der Waals surface area contributed by atoms with Crippen molar-refractivity contribution < 1.29 is 19.1 Å². The third-order valence-corrected chi connectivity index (χ3v) is 8.49. The van der Waals surface area contributed by atoms with E-state index >= 15 is 0 Å². The first kappa shape index (κ1) is 36.7. The molecule has 1 amide bonds. The van der Waals surface area contributed by atoms with Gasteiger partial charge in [-0.2, -0.15) is 0 Å². The first-order valence-electron chi connectivity index (χ1n) is 15.8. The molecule has 0 atom stereocenters. The molecule has 0 spiro atoms. The van der Waals surface area contributed by atoms with Crippen LogP contribution in [0.5, 0.6) is 11.5 Å². The van der Waals surface area contributed by atoms with Crippen LogP contribution >= 0.6 is 28.7 Å². The highest BCUT2D eigenvalue weighted by Crippen LogP contribution is 2.27. The largest absolute Gasteiger partial charge is 0.493 e. The maximum atomic E-state index is 12.6. The summed E-state index contributed by atoms with van der Waals surface area (Å²) in [5.74, 6) is 1.64. The lowest BCUT2D eigenvalue weighted by Gasteiger charge is -2.19. The van der Waals surface area contributed by atoms with Gasteiger partial charge in [0.05, 0.1) is 18.0 Å². The van der Waals surface area contributed by atoms with Gasteiger partial charge in [0, 0.05) is 17.9 Å². The molecule has 3 rings (SSSR count). The Balaban J connectivity index is 0.00000645. The topological polar surface area (TPSA) is 67.9 Å². The van der Waals surface area contributed by atoms with Crippen LogP contribution in [0.15, 0.2) is 53.6 Å². The summed E-state index contributed by atoms with van der Waals surface area (Å²) >= 11 is 1.79. The number of rotatable bonds is 21. The van der Waals surface area contributed by atoms with Gasteiger partial charge < -0.3 is 19.7 Å². The Morgan fingerprint density at radius 2 is 1.56 bits per heavy atom. The molecule has 1 aliphatic heterocycles. The summed E-state index contributed by atoms with van der Waals surface area (Å²) in [6.45, 7) is 7.14. The van der Waals surface area contributed by atoms with E-state index in [1.807, 2.05) is 18.2 Å². The molecular formula is C35H51BrN2O4S. The van der Waals surface area contributed by atoms with Crippen molar-refractivity contribution in [3.8, 4) is 11.5 Å². The number of thioether (sulfide) groups is 1. The van der Waals surface area contributed by atoms with E-state index in [0.717, 1.165) is 36.5 Å². The number of Topliss-reactive ketones (excluding diaryl/α,β-unsaturated/α-hetero) is 1. The number of allylic oxidation sites excluding steroid dienone is 1. The first-order chi connectivity index (χ1) is 20.5. The summed E-state index contributed by atoms with van der Waals surface area (Å²) in [7, 11) is 0. The van der Waals surface area contributed by atoms with Gasteiger partial charge in [-0.1, -0.05) is 89.7 Å². The van der Waals surface area contributed by atoms with Crippen LogP contribution < -0.4 is 14.8 Å². The number of anilines is 1. The quantitative estimate of drug-likeness (QED) is 0.105. The van der Waals surface area contributed by atoms with Gasteiger partial charge in [0.25, 0.3) is 5.91 Å². The standard InChI is InChI=1S/C35H50N2O4S.BrH/c1-4-5-6-7-8-9-10-11-12-13-14-15-21-40-34-20-19-32(23-33(34)29(3)38)41-25-35(39)36-31-18-16-17-30(22-31)24-37-27-42-26-28(37)2;/h16-20,22-23,26H,4-15,21,24-25,27H2,1-3H3,(H,36,39);1H. The lowest BCUT2D eigenvalue weighted by atomic mass is 10.1. The number of hydrogen-bond donors (Lipinski definition) is 1. The fourth-order valence-corrected chi connectivity index (χ4v) is 5.97. The normalized spacial score (nSPS) is 12.4. The maximum absolute atomic E-state index is 12.6. The fraction of sp³-hybridized carbons (Fsp3) is 0.543. The van der Waals surface area contributed by atoms with Crippen molar-refractivity contribution in [2.24, 2.45) is 0 Å². The first-order valence-corrected chi connectivity index (χ1v) is 16.8. The molecule has 0 saturated heterocycles. The second-order valence-electron chi connectivity index (χ2n) is 11.2. The molecule has 0 saturated carbocycles. The van der Waals surface area contributed by atoms with Crippen molar-refractivity contribution in [1.82, 2.24) is 4.90 Å². The van der Waals surface area contributed by atoms with Crippen LogP contribution in [-0.4, -0.2) is 35.7 Å². The lowest BCUT2D eigenvalue weighted by molar-refractivity contribution is -0.118. The number of benzene rings is 2. The highest BCUT2D eigenvalue weighted by molar-refractivity contribution is 8.93. The highest BCUT2D eigenvalue weighted by atomic mass is 79.9.